The molecule has 0 saturated carbocycles. The van der Waals surface area contributed by atoms with Crippen LogP contribution in [0.15, 0.2) is 30.4 Å². The molecule has 1 aliphatic heterocycles. The molecule has 0 aromatic heterocycles. The Labute approximate surface area is 121 Å². The van der Waals surface area contributed by atoms with Gasteiger partial charge in [-0.05, 0) is 25.1 Å². The van der Waals surface area contributed by atoms with E-state index in [0.29, 0.717) is 16.7 Å². The number of ether oxygens (including phenoxy) is 3. The Bertz CT molecular complexity index is 617. The Balaban J connectivity index is 1.86. The standard InChI is InChI=1S/C15H14O6/c1-9(2)13(16)19-5-6-20-14(17)10-3-4-12-11(7-10)8-21-15(12)18/h3-4,7H,1,5-6,8H2,2H3. The zero-order chi connectivity index (χ0) is 15.4. The highest BCUT2D eigenvalue weighted by molar-refractivity contribution is 5.96. The maximum Gasteiger partial charge on any atom is 0.338 e. The van der Waals surface area contributed by atoms with Crippen LogP contribution in [0.25, 0.3) is 0 Å². The molecule has 110 valence electrons. The van der Waals surface area contributed by atoms with Crippen LogP contribution in [-0.4, -0.2) is 31.1 Å². The van der Waals surface area contributed by atoms with Crippen LogP contribution >= 0.6 is 0 Å². The van der Waals surface area contributed by atoms with Crippen molar-refractivity contribution in [2.45, 2.75) is 13.5 Å². The second-order valence-electron chi connectivity index (χ2n) is 4.50. The maximum absolute atomic E-state index is 11.8. The smallest absolute Gasteiger partial charge is 0.338 e. The van der Waals surface area contributed by atoms with Gasteiger partial charge in [-0.25, -0.2) is 14.4 Å². The molecule has 0 atom stereocenters. The number of hydrogen-bond donors (Lipinski definition) is 0. The molecule has 1 heterocycles. The van der Waals surface area contributed by atoms with Gasteiger partial charge in [-0.3, -0.25) is 0 Å². The van der Waals surface area contributed by atoms with Gasteiger partial charge < -0.3 is 14.2 Å². The van der Waals surface area contributed by atoms with Crippen LogP contribution in [0.5, 0.6) is 0 Å². The van der Waals surface area contributed by atoms with E-state index in [1.54, 1.807) is 6.07 Å². The van der Waals surface area contributed by atoms with Gasteiger partial charge in [0.25, 0.3) is 0 Å². The molecular weight excluding hydrogens is 276 g/mol. The van der Waals surface area contributed by atoms with Crippen LogP contribution in [0.2, 0.25) is 0 Å². The second kappa shape index (κ2) is 6.21. The number of rotatable bonds is 5. The molecule has 0 bridgehead atoms. The molecule has 2 rings (SSSR count). The topological polar surface area (TPSA) is 78.9 Å². The molecule has 1 aromatic rings. The second-order valence-corrected chi connectivity index (χ2v) is 4.50. The summed E-state index contributed by atoms with van der Waals surface area (Å²) in [6.07, 6.45) is 0. The van der Waals surface area contributed by atoms with Crippen molar-refractivity contribution in [1.82, 2.24) is 0 Å². The number of benzene rings is 1. The third kappa shape index (κ3) is 3.47. The molecule has 21 heavy (non-hydrogen) atoms. The summed E-state index contributed by atoms with van der Waals surface area (Å²) >= 11 is 0. The molecule has 0 fully saturated rings. The van der Waals surface area contributed by atoms with Gasteiger partial charge in [0.1, 0.15) is 19.8 Å². The summed E-state index contributed by atoms with van der Waals surface area (Å²) in [4.78, 5) is 34.2. The molecule has 6 nitrogen and oxygen atoms in total. The summed E-state index contributed by atoms with van der Waals surface area (Å²) in [5, 5.41) is 0. The number of cyclic esters (lactones) is 1. The van der Waals surface area contributed by atoms with Crippen LogP contribution < -0.4 is 0 Å². The minimum Gasteiger partial charge on any atom is -0.459 e. The van der Waals surface area contributed by atoms with E-state index in [4.69, 9.17) is 14.2 Å². The highest BCUT2D eigenvalue weighted by atomic mass is 16.6. The third-order valence-electron chi connectivity index (χ3n) is 2.82. The fraction of sp³-hybridized carbons (Fsp3) is 0.267. The van der Waals surface area contributed by atoms with Gasteiger partial charge in [-0.15, -0.1) is 0 Å². The monoisotopic (exact) mass is 290 g/mol. The highest BCUT2D eigenvalue weighted by Crippen LogP contribution is 2.21. The number of hydrogen-bond acceptors (Lipinski definition) is 6. The van der Waals surface area contributed by atoms with E-state index < -0.39 is 17.9 Å². The Morgan fingerprint density at radius 1 is 1.29 bits per heavy atom. The van der Waals surface area contributed by atoms with Gasteiger partial charge in [0, 0.05) is 11.1 Å². The largest absolute Gasteiger partial charge is 0.459 e. The molecule has 0 radical (unpaired) electrons. The summed E-state index contributed by atoms with van der Waals surface area (Å²) in [7, 11) is 0. The van der Waals surface area contributed by atoms with E-state index >= 15 is 0 Å². The summed E-state index contributed by atoms with van der Waals surface area (Å²) in [5.74, 6) is -1.47. The lowest BCUT2D eigenvalue weighted by Crippen LogP contribution is -2.14. The molecule has 0 N–H and O–H groups in total. The van der Waals surface area contributed by atoms with Crippen molar-refractivity contribution in [3.8, 4) is 0 Å². The molecule has 0 unspecified atom stereocenters. The number of carbonyl (C=O) groups is 3. The quantitative estimate of drug-likeness (QED) is 0.355. The van der Waals surface area contributed by atoms with Crippen molar-refractivity contribution < 1.29 is 28.6 Å². The van der Waals surface area contributed by atoms with E-state index in [1.807, 2.05) is 0 Å². The zero-order valence-corrected chi connectivity index (χ0v) is 11.5. The third-order valence-corrected chi connectivity index (χ3v) is 2.82. The van der Waals surface area contributed by atoms with Crippen molar-refractivity contribution in [3.05, 3.63) is 47.0 Å². The van der Waals surface area contributed by atoms with E-state index in [0.717, 1.165) is 0 Å². The number of esters is 3. The van der Waals surface area contributed by atoms with Crippen molar-refractivity contribution in [1.29, 1.82) is 0 Å². The minimum absolute atomic E-state index is 0.0377. The van der Waals surface area contributed by atoms with Crippen LogP contribution in [0.1, 0.15) is 33.2 Å². The Kier molecular flexibility index (Phi) is 4.37. The Morgan fingerprint density at radius 2 is 2.00 bits per heavy atom. The summed E-state index contributed by atoms with van der Waals surface area (Å²) in [5.41, 5.74) is 1.72. The highest BCUT2D eigenvalue weighted by Gasteiger charge is 2.22. The fourth-order valence-corrected chi connectivity index (χ4v) is 1.74. The van der Waals surface area contributed by atoms with Gasteiger partial charge >= 0.3 is 17.9 Å². The molecular formula is C15H14O6. The van der Waals surface area contributed by atoms with E-state index in [1.165, 1.54) is 19.1 Å². The maximum atomic E-state index is 11.8. The van der Waals surface area contributed by atoms with Crippen LogP contribution in [0.4, 0.5) is 0 Å². The van der Waals surface area contributed by atoms with Gasteiger partial charge in [-0.2, -0.15) is 0 Å². The molecule has 0 amide bonds. The summed E-state index contributed by atoms with van der Waals surface area (Å²) in [6, 6.07) is 4.58. The molecule has 6 heteroatoms. The molecule has 1 aromatic carbocycles. The zero-order valence-electron chi connectivity index (χ0n) is 11.5. The van der Waals surface area contributed by atoms with Crippen molar-refractivity contribution in [2.75, 3.05) is 13.2 Å². The molecule has 0 saturated heterocycles. The normalized spacial score (nSPS) is 12.3. The Morgan fingerprint density at radius 3 is 2.71 bits per heavy atom. The number of fused-ring (bicyclic) bond motifs is 1. The van der Waals surface area contributed by atoms with Gasteiger partial charge in [0.2, 0.25) is 0 Å². The van der Waals surface area contributed by atoms with Gasteiger partial charge in [0.05, 0.1) is 11.1 Å². The van der Waals surface area contributed by atoms with Crippen LogP contribution in [-0.2, 0) is 25.6 Å². The molecule has 1 aliphatic rings. The predicted octanol–water partition coefficient (Wildman–Crippen LogP) is 1.63. The predicted molar refractivity (Wildman–Crippen MR) is 71.6 cm³/mol. The minimum atomic E-state index is -0.552. The average molecular weight is 290 g/mol. The van der Waals surface area contributed by atoms with E-state index in [2.05, 4.69) is 6.58 Å². The first-order valence-electron chi connectivity index (χ1n) is 6.29. The van der Waals surface area contributed by atoms with Crippen molar-refractivity contribution in [2.24, 2.45) is 0 Å². The van der Waals surface area contributed by atoms with Crippen LogP contribution in [0, 0.1) is 0 Å². The first kappa shape index (κ1) is 14.8. The average Bonchev–Trinajstić information content (AvgIpc) is 2.84. The summed E-state index contributed by atoms with van der Waals surface area (Å²) < 4.78 is 14.6. The molecule has 0 spiro atoms. The first-order chi connectivity index (χ1) is 9.99. The Hall–Kier alpha value is -2.63. The van der Waals surface area contributed by atoms with Gasteiger partial charge in [-0.1, -0.05) is 6.58 Å². The first-order valence-corrected chi connectivity index (χ1v) is 6.29. The SMILES string of the molecule is C=C(C)C(=O)OCCOC(=O)c1ccc2c(c1)COC2=O. The van der Waals surface area contributed by atoms with Crippen LogP contribution in [0.3, 0.4) is 0 Å². The van der Waals surface area contributed by atoms with Gasteiger partial charge in [0.15, 0.2) is 0 Å². The lowest BCUT2D eigenvalue weighted by Gasteiger charge is -2.06. The van der Waals surface area contributed by atoms with E-state index in [-0.39, 0.29) is 25.4 Å². The van der Waals surface area contributed by atoms with E-state index in [9.17, 15) is 14.4 Å². The molecule has 0 aliphatic carbocycles. The summed E-state index contributed by atoms with van der Waals surface area (Å²) in [6.45, 7) is 5.03. The number of carbonyl (C=O) groups excluding carboxylic acids is 3. The lowest BCUT2D eigenvalue weighted by molar-refractivity contribution is -0.140. The fourth-order valence-electron chi connectivity index (χ4n) is 1.74. The van der Waals surface area contributed by atoms with Crippen molar-refractivity contribution >= 4 is 17.9 Å². The lowest BCUT2D eigenvalue weighted by atomic mass is 10.1. The van der Waals surface area contributed by atoms with Crippen molar-refractivity contribution in [3.63, 3.8) is 0 Å².